The van der Waals surface area contributed by atoms with E-state index in [-0.39, 0.29) is 28.5 Å². The number of carbonyl (C=O) groups is 1. The molecule has 3 rings (SSSR count). The maximum absolute atomic E-state index is 12.7. The van der Waals surface area contributed by atoms with E-state index in [2.05, 4.69) is 23.7 Å². The number of thioether (sulfide) groups is 1. The lowest BCUT2D eigenvalue weighted by Gasteiger charge is -2.13. The average Bonchev–Trinajstić information content (AvgIpc) is 2.81. The first-order chi connectivity index (χ1) is 15.5. The van der Waals surface area contributed by atoms with Crippen molar-refractivity contribution in [1.29, 1.82) is 10.5 Å². The molecular weight excluding hydrogens is 420 g/mol. The van der Waals surface area contributed by atoms with Gasteiger partial charge in [0.2, 0.25) is 0 Å². The average molecular weight is 441 g/mol. The number of nitrogens with zero attached hydrogens (tertiary/aromatic N) is 3. The molecule has 158 valence electrons. The van der Waals surface area contributed by atoms with Crippen molar-refractivity contribution in [2.45, 2.75) is 11.9 Å². The van der Waals surface area contributed by atoms with Crippen LogP contribution >= 0.6 is 11.8 Å². The van der Waals surface area contributed by atoms with Crippen molar-refractivity contribution in [2.75, 3.05) is 18.1 Å². The summed E-state index contributed by atoms with van der Waals surface area (Å²) in [5, 5.41) is 19.9. The van der Waals surface area contributed by atoms with Crippen LogP contribution in [0.1, 0.15) is 27.0 Å². The quantitative estimate of drug-likeness (QED) is 0.300. The van der Waals surface area contributed by atoms with Crippen LogP contribution in [0, 0.1) is 29.6 Å². The number of hydrogen-bond acceptors (Lipinski definition) is 7. The number of hydrogen-bond donors (Lipinski definition) is 1. The first kappa shape index (κ1) is 22.6. The zero-order valence-corrected chi connectivity index (χ0v) is 18.3. The molecule has 0 aliphatic heterocycles. The SMILES string of the molecule is C=CCOc1ccc(-c2c(C#N)c(N)nc(SCC(=O)c3ccccc3C)c2C#N)cc1. The van der Waals surface area contributed by atoms with Gasteiger partial charge in [0.25, 0.3) is 0 Å². The Morgan fingerprint density at radius 1 is 1.16 bits per heavy atom. The van der Waals surface area contributed by atoms with Crippen LogP contribution in [0.3, 0.4) is 0 Å². The highest BCUT2D eigenvalue weighted by molar-refractivity contribution is 8.00. The Morgan fingerprint density at radius 2 is 1.84 bits per heavy atom. The summed E-state index contributed by atoms with van der Waals surface area (Å²) in [6.07, 6.45) is 1.64. The van der Waals surface area contributed by atoms with Gasteiger partial charge in [-0.15, -0.1) is 0 Å². The number of aromatic nitrogens is 1. The summed E-state index contributed by atoms with van der Waals surface area (Å²) in [7, 11) is 0. The van der Waals surface area contributed by atoms with Crippen molar-refractivity contribution >= 4 is 23.4 Å². The Balaban J connectivity index is 1.99. The fourth-order valence-corrected chi connectivity index (χ4v) is 4.04. The second-order valence-electron chi connectivity index (χ2n) is 6.80. The highest BCUT2D eigenvalue weighted by Gasteiger charge is 2.21. The maximum atomic E-state index is 12.7. The Morgan fingerprint density at radius 3 is 2.47 bits per heavy atom. The van der Waals surface area contributed by atoms with Gasteiger partial charge in [-0.2, -0.15) is 10.5 Å². The number of ether oxygens (including phenoxy) is 1. The molecule has 0 atom stereocenters. The van der Waals surface area contributed by atoms with Crippen LogP contribution in [0.4, 0.5) is 5.82 Å². The molecule has 0 aliphatic carbocycles. The lowest BCUT2D eigenvalue weighted by Crippen LogP contribution is -2.07. The van der Waals surface area contributed by atoms with Crippen molar-refractivity contribution in [3.63, 3.8) is 0 Å². The number of rotatable bonds is 8. The highest BCUT2D eigenvalue weighted by atomic mass is 32.2. The van der Waals surface area contributed by atoms with Crippen LogP contribution in [-0.2, 0) is 0 Å². The van der Waals surface area contributed by atoms with Crippen molar-refractivity contribution in [3.8, 4) is 29.0 Å². The highest BCUT2D eigenvalue weighted by Crippen LogP contribution is 2.36. The molecule has 0 unspecified atom stereocenters. The van der Waals surface area contributed by atoms with E-state index in [1.54, 1.807) is 36.4 Å². The summed E-state index contributed by atoms with van der Waals surface area (Å²) >= 11 is 1.13. The van der Waals surface area contributed by atoms with E-state index < -0.39 is 0 Å². The maximum Gasteiger partial charge on any atom is 0.173 e. The standard InChI is InChI=1S/C25H20N4O2S/c1-3-12-31-18-10-8-17(9-11-18)23-20(13-26)24(28)29-25(21(23)14-27)32-15-22(30)19-7-5-4-6-16(19)2/h3-11H,1,12,15H2,2H3,(H2,28,29). The topological polar surface area (TPSA) is 113 Å². The van der Waals surface area contributed by atoms with Crippen LogP contribution in [0.15, 0.2) is 66.2 Å². The van der Waals surface area contributed by atoms with E-state index in [4.69, 9.17) is 10.5 Å². The number of anilines is 1. The molecule has 0 radical (unpaired) electrons. The van der Waals surface area contributed by atoms with Gasteiger partial charge < -0.3 is 10.5 Å². The zero-order valence-electron chi connectivity index (χ0n) is 17.5. The minimum absolute atomic E-state index is 0.0133. The zero-order chi connectivity index (χ0) is 23.1. The molecule has 2 N–H and O–H groups in total. The van der Waals surface area contributed by atoms with E-state index >= 15 is 0 Å². The summed E-state index contributed by atoms with van der Waals surface area (Å²) in [6, 6.07) is 18.5. The van der Waals surface area contributed by atoms with Crippen LogP contribution < -0.4 is 10.5 Å². The number of carbonyl (C=O) groups excluding carboxylic acids is 1. The Kier molecular flexibility index (Phi) is 7.28. The molecule has 0 fully saturated rings. The second-order valence-corrected chi connectivity index (χ2v) is 7.77. The van der Waals surface area contributed by atoms with Gasteiger partial charge in [0, 0.05) is 11.1 Å². The molecule has 0 aliphatic rings. The molecule has 1 aromatic heterocycles. The molecule has 0 bridgehead atoms. The lowest BCUT2D eigenvalue weighted by molar-refractivity contribution is 0.102. The Bertz CT molecular complexity index is 1250. The van der Waals surface area contributed by atoms with Crippen LogP contribution in [0.5, 0.6) is 5.75 Å². The monoisotopic (exact) mass is 440 g/mol. The number of aryl methyl sites for hydroxylation is 1. The van der Waals surface area contributed by atoms with Crippen molar-refractivity contribution in [1.82, 2.24) is 4.98 Å². The van der Waals surface area contributed by atoms with Crippen LogP contribution in [0.25, 0.3) is 11.1 Å². The van der Waals surface area contributed by atoms with Crippen molar-refractivity contribution < 1.29 is 9.53 Å². The van der Waals surface area contributed by atoms with Crippen molar-refractivity contribution in [3.05, 3.63) is 83.4 Å². The third-order valence-electron chi connectivity index (χ3n) is 4.71. The van der Waals surface area contributed by atoms with Gasteiger partial charge in [0.05, 0.1) is 11.3 Å². The number of pyridine rings is 1. The predicted octanol–water partition coefficient (Wildman–Crippen LogP) is 4.92. The summed E-state index contributed by atoms with van der Waals surface area (Å²) in [6.45, 7) is 5.85. The third-order valence-corrected chi connectivity index (χ3v) is 5.69. The Labute approximate surface area is 191 Å². The number of Topliss-reactive ketones (excluding diaryl/α,β-unsaturated/α-hetero) is 1. The fourth-order valence-electron chi connectivity index (χ4n) is 3.16. The summed E-state index contributed by atoms with van der Waals surface area (Å²) in [5.41, 5.74) is 8.90. The molecule has 6 nitrogen and oxygen atoms in total. The molecule has 0 saturated carbocycles. The van der Waals surface area contributed by atoms with Crippen LogP contribution in [0.2, 0.25) is 0 Å². The fraction of sp³-hybridized carbons (Fsp3) is 0.120. The van der Waals surface area contributed by atoms with E-state index in [1.807, 2.05) is 25.1 Å². The molecule has 32 heavy (non-hydrogen) atoms. The molecule has 2 aromatic carbocycles. The molecule has 7 heteroatoms. The van der Waals surface area contributed by atoms with Gasteiger partial charge in [0.15, 0.2) is 5.78 Å². The normalized spacial score (nSPS) is 10.1. The van der Waals surface area contributed by atoms with Gasteiger partial charge in [-0.25, -0.2) is 4.98 Å². The smallest absolute Gasteiger partial charge is 0.173 e. The first-order valence-electron chi connectivity index (χ1n) is 9.69. The molecular formula is C25H20N4O2S. The lowest BCUT2D eigenvalue weighted by atomic mass is 9.97. The molecule has 3 aromatic rings. The predicted molar refractivity (Wildman–Crippen MR) is 125 cm³/mol. The van der Waals surface area contributed by atoms with Gasteiger partial charge in [0.1, 0.15) is 40.9 Å². The number of ketones is 1. The molecule has 1 heterocycles. The molecule has 0 spiro atoms. The van der Waals surface area contributed by atoms with E-state index in [0.717, 1.165) is 17.3 Å². The molecule has 0 saturated heterocycles. The number of nitriles is 2. The molecule has 0 amide bonds. The minimum Gasteiger partial charge on any atom is -0.490 e. The summed E-state index contributed by atoms with van der Waals surface area (Å²) in [4.78, 5) is 16.9. The largest absolute Gasteiger partial charge is 0.490 e. The van der Waals surface area contributed by atoms with Gasteiger partial charge in [-0.05, 0) is 30.2 Å². The van der Waals surface area contributed by atoms with Gasteiger partial charge in [-0.3, -0.25) is 4.79 Å². The number of nitrogens with two attached hydrogens (primary N) is 1. The summed E-state index contributed by atoms with van der Waals surface area (Å²) < 4.78 is 5.50. The summed E-state index contributed by atoms with van der Waals surface area (Å²) in [5.74, 6) is 0.656. The van der Waals surface area contributed by atoms with Crippen LogP contribution in [-0.4, -0.2) is 23.1 Å². The Hall–Kier alpha value is -4.07. The second kappa shape index (κ2) is 10.3. The number of benzene rings is 2. The van der Waals surface area contributed by atoms with E-state index in [1.165, 1.54) is 0 Å². The number of nitrogen functional groups attached to an aromatic ring is 1. The third kappa shape index (κ3) is 4.80. The van der Waals surface area contributed by atoms with Gasteiger partial charge >= 0.3 is 0 Å². The first-order valence-corrected chi connectivity index (χ1v) is 10.7. The van der Waals surface area contributed by atoms with E-state index in [0.29, 0.717) is 34.1 Å². The van der Waals surface area contributed by atoms with E-state index in [9.17, 15) is 15.3 Å². The van der Waals surface area contributed by atoms with Gasteiger partial charge in [-0.1, -0.05) is 60.8 Å². The van der Waals surface area contributed by atoms with Crippen molar-refractivity contribution in [2.24, 2.45) is 0 Å². The minimum atomic E-state index is -0.0769.